The van der Waals surface area contributed by atoms with Crippen LogP contribution < -0.4 is 0 Å². The van der Waals surface area contributed by atoms with Crippen molar-refractivity contribution in [2.75, 3.05) is 19.7 Å². The standard InChI is InChI=1S/C15H23NO2/c1-12(2)18-11-15(17)10-16-8-7-13-5-3-4-6-14(13)9-16/h3-6,12,15,17H,7-11H2,1-2H3/t15-/m1/s1. The Morgan fingerprint density at radius 1 is 1.28 bits per heavy atom. The number of benzene rings is 1. The number of hydrogen-bond acceptors (Lipinski definition) is 3. The van der Waals surface area contributed by atoms with Gasteiger partial charge in [0.25, 0.3) is 0 Å². The van der Waals surface area contributed by atoms with Crippen LogP contribution >= 0.6 is 0 Å². The van der Waals surface area contributed by atoms with Crippen LogP contribution in [0.5, 0.6) is 0 Å². The molecule has 0 radical (unpaired) electrons. The van der Waals surface area contributed by atoms with Crippen molar-refractivity contribution in [3.05, 3.63) is 35.4 Å². The molecule has 1 aromatic rings. The van der Waals surface area contributed by atoms with Crippen LogP contribution in [0.25, 0.3) is 0 Å². The zero-order valence-electron chi connectivity index (χ0n) is 11.3. The maximum atomic E-state index is 9.93. The summed E-state index contributed by atoms with van der Waals surface area (Å²) in [5, 5.41) is 9.93. The van der Waals surface area contributed by atoms with Gasteiger partial charge in [-0.05, 0) is 31.4 Å². The molecule has 0 amide bonds. The zero-order valence-corrected chi connectivity index (χ0v) is 11.3. The highest BCUT2D eigenvalue weighted by molar-refractivity contribution is 5.29. The van der Waals surface area contributed by atoms with Crippen molar-refractivity contribution in [1.82, 2.24) is 4.90 Å². The summed E-state index contributed by atoms with van der Waals surface area (Å²) >= 11 is 0. The van der Waals surface area contributed by atoms with Crippen LogP contribution in [0.1, 0.15) is 25.0 Å². The van der Waals surface area contributed by atoms with Crippen molar-refractivity contribution in [3.8, 4) is 0 Å². The summed E-state index contributed by atoms with van der Waals surface area (Å²) in [6.45, 7) is 7.06. The quantitative estimate of drug-likeness (QED) is 0.864. The molecule has 3 heteroatoms. The lowest BCUT2D eigenvalue weighted by molar-refractivity contribution is -0.0101. The third-order valence-electron chi connectivity index (χ3n) is 3.30. The second-order valence-corrected chi connectivity index (χ2v) is 5.29. The van der Waals surface area contributed by atoms with E-state index in [0.29, 0.717) is 13.2 Å². The second-order valence-electron chi connectivity index (χ2n) is 5.29. The molecule has 18 heavy (non-hydrogen) atoms. The average molecular weight is 249 g/mol. The van der Waals surface area contributed by atoms with Crippen molar-refractivity contribution < 1.29 is 9.84 Å². The Kier molecular flexibility index (Phi) is 4.75. The molecule has 100 valence electrons. The van der Waals surface area contributed by atoms with Gasteiger partial charge < -0.3 is 9.84 Å². The maximum Gasteiger partial charge on any atom is 0.0900 e. The van der Waals surface area contributed by atoms with Crippen molar-refractivity contribution in [1.29, 1.82) is 0 Å². The number of ether oxygens (including phenoxy) is 1. The zero-order chi connectivity index (χ0) is 13.0. The number of nitrogens with zero attached hydrogens (tertiary/aromatic N) is 1. The molecule has 0 aliphatic carbocycles. The third-order valence-corrected chi connectivity index (χ3v) is 3.30. The molecule has 1 aromatic carbocycles. The Labute approximate surface area is 109 Å². The molecule has 0 aromatic heterocycles. The van der Waals surface area contributed by atoms with E-state index in [0.717, 1.165) is 19.5 Å². The van der Waals surface area contributed by atoms with Crippen LogP contribution in [0.3, 0.4) is 0 Å². The number of aliphatic hydroxyl groups excluding tert-OH is 1. The van der Waals surface area contributed by atoms with E-state index in [-0.39, 0.29) is 6.10 Å². The number of hydrogen-bond donors (Lipinski definition) is 1. The van der Waals surface area contributed by atoms with Gasteiger partial charge in [-0.25, -0.2) is 0 Å². The van der Waals surface area contributed by atoms with Gasteiger partial charge in [-0.1, -0.05) is 24.3 Å². The van der Waals surface area contributed by atoms with Gasteiger partial charge in [0.2, 0.25) is 0 Å². The highest BCUT2D eigenvalue weighted by atomic mass is 16.5. The molecular weight excluding hydrogens is 226 g/mol. The molecule has 1 aliphatic rings. The lowest BCUT2D eigenvalue weighted by Gasteiger charge is -2.30. The van der Waals surface area contributed by atoms with E-state index in [1.165, 1.54) is 11.1 Å². The fourth-order valence-electron chi connectivity index (χ4n) is 2.36. The Morgan fingerprint density at radius 3 is 2.72 bits per heavy atom. The second kappa shape index (κ2) is 6.32. The molecule has 0 fully saturated rings. The summed E-state index contributed by atoms with van der Waals surface area (Å²) in [5.74, 6) is 0. The van der Waals surface area contributed by atoms with Crippen LogP contribution in [0.15, 0.2) is 24.3 Å². The SMILES string of the molecule is CC(C)OC[C@H](O)CN1CCc2ccccc2C1. The molecule has 0 saturated carbocycles. The van der Waals surface area contributed by atoms with Gasteiger partial charge in [0.05, 0.1) is 18.8 Å². The van der Waals surface area contributed by atoms with Gasteiger partial charge in [-0.3, -0.25) is 4.90 Å². The van der Waals surface area contributed by atoms with E-state index < -0.39 is 6.10 Å². The van der Waals surface area contributed by atoms with E-state index in [1.807, 2.05) is 13.8 Å². The van der Waals surface area contributed by atoms with Gasteiger partial charge in [-0.2, -0.15) is 0 Å². The van der Waals surface area contributed by atoms with Crippen molar-refractivity contribution in [2.24, 2.45) is 0 Å². The lowest BCUT2D eigenvalue weighted by atomic mass is 10.00. The van der Waals surface area contributed by atoms with Gasteiger partial charge in [0.1, 0.15) is 0 Å². The summed E-state index contributed by atoms with van der Waals surface area (Å²) in [6, 6.07) is 8.56. The summed E-state index contributed by atoms with van der Waals surface area (Å²) in [4.78, 5) is 2.30. The molecule has 1 N–H and O–H groups in total. The predicted octanol–water partition coefficient (Wildman–Crippen LogP) is 1.83. The van der Waals surface area contributed by atoms with Crippen LogP contribution in [0, 0.1) is 0 Å². The molecule has 0 saturated heterocycles. The first-order valence-corrected chi connectivity index (χ1v) is 6.74. The smallest absolute Gasteiger partial charge is 0.0900 e. The minimum Gasteiger partial charge on any atom is -0.389 e. The Bertz CT molecular complexity index is 379. The first-order chi connectivity index (χ1) is 8.65. The van der Waals surface area contributed by atoms with E-state index in [2.05, 4.69) is 29.2 Å². The molecule has 1 heterocycles. The van der Waals surface area contributed by atoms with E-state index >= 15 is 0 Å². The molecule has 0 unspecified atom stereocenters. The van der Waals surface area contributed by atoms with E-state index in [9.17, 15) is 5.11 Å². The molecule has 1 aliphatic heterocycles. The Hall–Kier alpha value is -0.900. The van der Waals surface area contributed by atoms with Crippen LogP contribution in [0.2, 0.25) is 0 Å². The highest BCUT2D eigenvalue weighted by Crippen LogP contribution is 2.18. The van der Waals surface area contributed by atoms with Gasteiger partial charge in [0.15, 0.2) is 0 Å². The lowest BCUT2D eigenvalue weighted by Crippen LogP contribution is -2.38. The van der Waals surface area contributed by atoms with Crippen molar-refractivity contribution in [2.45, 2.75) is 39.0 Å². The Balaban J connectivity index is 1.82. The minimum atomic E-state index is -0.391. The predicted molar refractivity (Wildman–Crippen MR) is 72.5 cm³/mol. The number of β-amino-alcohol motifs (C(OH)–C–C–N with tert-alkyl or cyclic N) is 1. The van der Waals surface area contributed by atoms with Crippen molar-refractivity contribution >= 4 is 0 Å². The number of aliphatic hydroxyl groups is 1. The largest absolute Gasteiger partial charge is 0.389 e. The maximum absolute atomic E-state index is 9.93. The van der Waals surface area contributed by atoms with Crippen molar-refractivity contribution in [3.63, 3.8) is 0 Å². The highest BCUT2D eigenvalue weighted by Gasteiger charge is 2.18. The first-order valence-electron chi connectivity index (χ1n) is 6.74. The number of fused-ring (bicyclic) bond motifs is 1. The molecular formula is C15H23NO2. The Morgan fingerprint density at radius 2 is 2.00 bits per heavy atom. The molecule has 0 bridgehead atoms. The van der Waals surface area contributed by atoms with Crippen LogP contribution in [0.4, 0.5) is 0 Å². The van der Waals surface area contributed by atoms with Crippen LogP contribution in [-0.4, -0.2) is 41.9 Å². The summed E-state index contributed by atoms with van der Waals surface area (Å²) in [5.41, 5.74) is 2.84. The molecule has 1 atom stereocenters. The van der Waals surface area contributed by atoms with Crippen LogP contribution in [-0.2, 0) is 17.7 Å². The summed E-state index contributed by atoms with van der Waals surface area (Å²) in [6.07, 6.45) is 0.868. The van der Waals surface area contributed by atoms with Gasteiger partial charge in [-0.15, -0.1) is 0 Å². The fraction of sp³-hybridized carbons (Fsp3) is 0.600. The summed E-state index contributed by atoms with van der Waals surface area (Å²) < 4.78 is 5.44. The summed E-state index contributed by atoms with van der Waals surface area (Å²) in [7, 11) is 0. The molecule has 0 spiro atoms. The monoisotopic (exact) mass is 249 g/mol. The average Bonchev–Trinajstić information content (AvgIpc) is 2.36. The first kappa shape index (κ1) is 13.5. The van der Waals surface area contributed by atoms with E-state index in [4.69, 9.17) is 4.74 Å². The van der Waals surface area contributed by atoms with Gasteiger partial charge in [0, 0.05) is 19.6 Å². The van der Waals surface area contributed by atoms with Gasteiger partial charge >= 0.3 is 0 Å². The fourth-order valence-corrected chi connectivity index (χ4v) is 2.36. The molecule has 2 rings (SSSR count). The normalized spacial score (nSPS) is 17.8. The topological polar surface area (TPSA) is 32.7 Å². The van der Waals surface area contributed by atoms with E-state index in [1.54, 1.807) is 0 Å². The number of rotatable bonds is 5. The minimum absolute atomic E-state index is 0.182. The third kappa shape index (κ3) is 3.80. The molecule has 3 nitrogen and oxygen atoms in total.